The molecule has 0 aromatic heterocycles. The Balaban J connectivity index is 0. The summed E-state index contributed by atoms with van der Waals surface area (Å²) in [5, 5.41) is 0. The molecule has 0 aliphatic rings. The molecule has 0 radical (unpaired) electrons. The Morgan fingerprint density at radius 2 is 1.46 bits per heavy atom. The molecule has 1 rings (SSSR count). The van der Waals surface area contributed by atoms with Crippen LogP contribution in [0.15, 0.2) is 24.3 Å². The first-order valence-corrected chi connectivity index (χ1v) is 11.4. The molecule has 0 heterocycles. The molecule has 0 amide bonds. The maximum absolute atomic E-state index is 11.0. The minimum absolute atomic E-state index is 0. The second-order valence-corrected chi connectivity index (χ2v) is 8.57. The van der Waals surface area contributed by atoms with Crippen LogP contribution in [0.4, 0.5) is 0 Å². The third kappa shape index (κ3) is 14.2. The zero-order valence-corrected chi connectivity index (χ0v) is 20.8. The van der Waals surface area contributed by atoms with Crippen LogP contribution in [0.1, 0.15) is 5.56 Å². The van der Waals surface area contributed by atoms with Crippen molar-refractivity contribution >= 4 is 35.3 Å². The standard InChI is InChI=1S/C10H16NO7P3S.2Na/c12-20(13,14)7-11(8-21(15,16)17)6-5-9-1-3-10(4-2-9)18-19-22;;/h1-4H,5-8H2,(H2,12,13,14)(H2,15,16,17);;/q;2*+1. The Labute approximate surface area is 192 Å². The summed E-state index contributed by atoms with van der Waals surface area (Å²) in [6, 6.07) is 6.90. The van der Waals surface area contributed by atoms with E-state index in [1.807, 2.05) is 0 Å². The van der Waals surface area contributed by atoms with Gasteiger partial charge in [-0.1, -0.05) is 12.1 Å². The first kappa shape index (κ1) is 28.3. The fourth-order valence-electron chi connectivity index (χ4n) is 1.75. The molecule has 1 aromatic rings. The van der Waals surface area contributed by atoms with Gasteiger partial charge in [0.15, 0.2) is 12.6 Å². The zero-order valence-electron chi connectivity index (χ0n) is 13.3. The van der Waals surface area contributed by atoms with E-state index in [4.69, 9.17) is 24.1 Å². The van der Waals surface area contributed by atoms with Crippen molar-refractivity contribution in [1.29, 1.82) is 0 Å². The quantitative estimate of drug-likeness (QED) is 0.221. The monoisotopic (exact) mass is 433 g/mol. The molecule has 8 nitrogen and oxygen atoms in total. The maximum atomic E-state index is 11.0. The van der Waals surface area contributed by atoms with Gasteiger partial charge in [-0.3, -0.25) is 0 Å². The van der Waals surface area contributed by atoms with Gasteiger partial charge in [0.05, 0.1) is 0 Å². The van der Waals surface area contributed by atoms with E-state index < -0.39 is 28.5 Å². The normalized spacial score (nSPS) is 11.8. The Kier molecular flexibility index (Phi) is 15.7. The minimum Gasteiger partial charge on any atom is -0.631 e. The summed E-state index contributed by atoms with van der Waals surface area (Å²) in [5.41, 5.74) is 0.842. The minimum atomic E-state index is -4.40. The van der Waals surface area contributed by atoms with Crippen LogP contribution in [0.3, 0.4) is 0 Å². The average Bonchev–Trinajstić information content (AvgIpc) is 2.34. The Morgan fingerprint density at radius 3 is 1.83 bits per heavy atom. The summed E-state index contributed by atoms with van der Waals surface area (Å²) < 4.78 is 5.09. The second kappa shape index (κ2) is 13.3. The van der Waals surface area contributed by atoms with E-state index in [0.29, 0.717) is 19.8 Å². The molecule has 0 bridgehead atoms. The summed E-state index contributed by atoms with van der Waals surface area (Å²) in [6.07, 6.45) is -1.02. The van der Waals surface area contributed by atoms with Crippen molar-refractivity contribution in [2.24, 2.45) is 0 Å². The molecule has 0 aliphatic carbocycles. The van der Waals surface area contributed by atoms with Gasteiger partial charge in [-0.25, -0.2) is 24.5 Å². The molecule has 0 atom stereocenters. The summed E-state index contributed by atoms with van der Waals surface area (Å²) in [7, 11) is -8.44. The molecular weight excluding hydrogens is 417 g/mol. The van der Waals surface area contributed by atoms with Crippen LogP contribution in [-0.2, 0) is 18.2 Å². The molecule has 14 heteroatoms. The van der Waals surface area contributed by atoms with Gasteiger partial charge in [0.2, 0.25) is 23.5 Å². The van der Waals surface area contributed by atoms with Gasteiger partial charge in [0.1, 0.15) is 5.75 Å². The van der Waals surface area contributed by atoms with Crippen LogP contribution in [0.25, 0.3) is 0 Å². The van der Waals surface area contributed by atoms with Crippen LogP contribution in [0.2, 0.25) is 0 Å². The molecule has 0 unspecified atom stereocenters. The summed E-state index contributed by atoms with van der Waals surface area (Å²) in [4.78, 5) is 59.0. The Hall–Kier alpha value is 2.12. The van der Waals surface area contributed by atoms with E-state index in [1.54, 1.807) is 24.3 Å². The van der Waals surface area contributed by atoms with Crippen molar-refractivity contribution in [3.63, 3.8) is 0 Å². The largest absolute Gasteiger partial charge is 1.00 e. The van der Waals surface area contributed by atoms with E-state index in [2.05, 4.69) is 11.8 Å². The Morgan fingerprint density at radius 1 is 1.00 bits per heavy atom. The van der Waals surface area contributed by atoms with Crippen LogP contribution in [-0.4, -0.2) is 43.6 Å². The van der Waals surface area contributed by atoms with Gasteiger partial charge in [-0.15, -0.1) is 0 Å². The van der Waals surface area contributed by atoms with Gasteiger partial charge in [0.25, 0.3) is 0 Å². The number of benzene rings is 1. The first-order valence-electron chi connectivity index (χ1n) is 5.99. The van der Waals surface area contributed by atoms with Crippen molar-refractivity contribution < 1.29 is 93.0 Å². The topological polar surface area (TPSA) is 140 Å². The van der Waals surface area contributed by atoms with Crippen molar-refractivity contribution in [3.8, 4) is 5.75 Å². The zero-order chi connectivity index (χ0) is 16.8. The predicted molar refractivity (Wildman–Crippen MR) is 84.2 cm³/mol. The van der Waals surface area contributed by atoms with Gasteiger partial charge in [0, 0.05) is 6.54 Å². The molecular formula is C10H16NNa2O7P3S+2. The maximum Gasteiger partial charge on any atom is 1.00 e. The van der Waals surface area contributed by atoms with Crippen molar-refractivity contribution in [2.75, 3.05) is 19.1 Å². The third-order valence-electron chi connectivity index (χ3n) is 2.55. The number of hydrogen-bond acceptors (Lipinski definition) is 9. The number of nitrogens with zero attached hydrogens (tertiary/aromatic N) is 1. The summed E-state index contributed by atoms with van der Waals surface area (Å²) in [6.45, 7) is 0.107. The van der Waals surface area contributed by atoms with Crippen molar-refractivity contribution in [1.82, 2.24) is 4.90 Å². The van der Waals surface area contributed by atoms with E-state index in [9.17, 15) is 9.79 Å². The van der Waals surface area contributed by atoms with Gasteiger partial charge >= 0.3 is 59.1 Å². The molecule has 0 spiro atoms. The van der Waals surface area contributed by atoms with E-state index in [-0.39, 0.29) is 65.7 Å². The second-order valence-electron chi connectivity index (χ2n) is 4.57. The number of rotatable bonds is 9. The van der Waals surface area contributed by atoms with Crippen LogP contribution >= 0.6 is 23.5 Å². The van der Waals surface area contributed by atoms with Gasteiger partial charge in [-0.2, -0.15) is 0 Å². The van der Waals surface area contributed by atoms with Gasteiger partial charge in [-0.05, 0) is 35.9 Å². The van der Waals surface area contributed by atoms with Gasteiger partial charge < -0.3 is 14.3 Å². The number of hydrogen-bond donors (Lipinski definition) is 4. The first-order chi connectivity index (χ1) is 10.1. The SMILES string of the molecule is [Na+].[Na+].[O-][P+](O)(O)CN(CCc1ccc(OP=S)cc1)C[P+]([O-])(O)O. The summed E-state index contributed by atoms with van der Waals surface area (Å²) >= 11 is 4.65. The van der Waals surface area contributed by atoms with E-state index in [0.717, 1.165) is 10.5 Å². The molecule has 0 aliphatic heterocycles. The third-order valence-corrected chi connectivity index (χ3v) is 4.60. The van der Waals surface area contributed by atoms with Crippen LogP contribution < -0.4 is 73.4 Å². The van der Waals surface area contributed by atoms with E-state index >= 15 is 0 Å². The predicted octanol–water partition coefficient (Wildman–Crippen LogP) is -6.63. The van der Waals surface area contributed by atoms with Crippen molar-refractivity contribution in [2.45, 2.75) is 6.42 Å². The van der Waals surface area contributed by atoms with Crippen LogP contribution in [0.5, 0.6) is 5.75 Å². The molecule has 0 fully saturated rings. The van der Waals surface area contributed by atoms with Crippen LogP contribution in [0, 0.1) is 0 Å². The molecule has 4 N–H and O–H groups in total. The molecule has 0 saturated heterocycles. The Bertz CT molecular complexity index is 471. The summed E-state index contributed by atoms with van der Waals surface area (Å²) in [5.74, 6) is 0.600. The molecule has 124 valence electrons. The van der Waals surface area contributed by atoms with E-state index in [1.165, 1.54) is 0 Å². The van der Waals surface area contributed by atoms with Crippen molar-refractivity contribution in [3.05, 3.63) is 29.8 Å². The molecule has 1 aromatic carbocycles. The molecule has 0 saturated carbocycles. The fraction of sp³-hybridized carbons (Fsp3) is 0.400. The average molecular weight is 433 g/mol. The fourth-order valence-corrected chi connectivity index (χ4v) is 3.90. The molecule has 24 heavy (non-hydrogen) atoms. The smallest absolute Gasteiger partial charge is 0.631 e.